The van der Waals surface area contributed by atoms with Gasteiger partial charge in [0.05, 0.1) is 11.5 Å². The van der Waals surface area contributed by atoms with Gasteiger partial charge in [0.15, 0.2) is 0 Å². The molecule has 0 spiro atoms. The van der Waals surface area contributed by atoms with Crippen LogP contribution < -0.4 is 10.1 Å². The summed E-state index contributed by atoms with van der Waals surface area (Å²) in [5.74, 6) is 0.873. The minimum atomic E-state index is -0.0264. The molecule has 0 atom stereocenters. The first-order valence-corrected chi connectivity index (χ1v) is 7.12. The van der Waals surface area contributed by atoms with Crippen molar-refractivity contribution in [2.75, 3.05) is 6.61 Å². The maximum atomic E-state index is 11.8. The molecular weight excluding hydrogens is 258 g/mol. The molecule has 0 saturated heterocycles. The van der Waals surface area contributed by atoms with Crippen molar-refractivity contribution in [1.29, 1.82) is 0 Å². The van der Waals surface area contributed by atoms with Gasteiger partial charge in [0.25, 0.3) is 5.91 Å². The summed E-state index contributed by atoms with van der Waals surface area (Å²) in [4.78, 5) is 12.5. The monoisotopic (exact) mass is 275 g/mol. The van der Waals surface area contributed by atoms with Crippen molar-refractivity contribution < 1.29 is 9.53 Å². The number of hydrogen-bond donors (Lipinski definition) is 1. The number of nitrogens with one attached hydrogen (secondary N) is 1. The molecule has 1 aromatic heterocycles. The summed E-state index contributed by atoms with van der Waals surface area (Å²) in [5, 5.41) is 4.81. The van der Waals surface area contributed by atoms with Gasteiger partial charge in [0.2, 0.25) is 0 Å². The molecule has 0 aliphatic rings. The van der Waals surface area contributed by atoms with E-state index in [-0.39, 0.29) is 5.91 Å². The molecule has 3 nitrogen and oxygen atoms in total. The number of rotatable bonds is 5. The van der Waals surface area contributed by atoms with Crippen molar-refractivity contribution in [2.45, 2.75) is 20.4 Å². The molecule has 1 N–H and O–H groups in total. The fourth-order valence-corrected chi connectivity index (χ4v) is 2.46. The highest BCUT2D eigenvalue weighted by Crippen LogP contribution is 2.19. The third-order valence-corrected chi connectivity index (χ3v) is 3.61. The maximum absolute atomic E-state index is 11.8. The van der Waals surface area contributed by atoms with Crippen LogP contribution in [0.3, 0.4) is 0 Å². The lowest BCUT2D eigenvalue weighted by molar-refractivity contribution is 0.0955. The van der Waals surface area contributed by atoms with E-state index in [2.05, 4.69) is 5.32 Å². The number of aryl methyl sites for hydroxylation is 1. The van der Waals surface area contributed by atoms with Gasteiger partial charge in [-0.2, -0.15) is 0 Å². The quantitative estimate of drug-likeness (QED) is 0.908. The van der Waals surface area contributed by atoms with Crippen LogP contribution in [0.4, 0.5) is 0 Å². The smallest absolute Gasteiger partial charge is 0.261 e. The Kier molecular flexibility index (Phi) is 4.58. The standard InChI is InChI=1S/C15H17NO2S/c1-3-18-13-7-6-12(9-11(13)2)10-16-15(17)14-5-4-8-19-14/h4-9H,3,10H2,1-2H3,(H,16,17). The van der Waals surface area contributed by atoms with Gasteiger partial charge in [-0.15, -0.1) is 11.3 Å². The summed E-state index contributed by atoms with van der Waals surface area (Å²) in [6.07, 6.45) is 0. The Morgan fingerprint density at radius 1 is 1.37 bits per heavy atom. The van der Waals surface area contributed by atoms with Crippen LogP contribution in [0.25, 0.3) is 0 Å². The Labute approximate surface area is 117 Å². The Balaban J connectivity index is 1.96. The Morgan fingerprint density at radius 2 is 2.21 bits per heavy atom. The molecule has 0 radical (unpaired) electrons. The number of carbonyl (C=O) groups excluding carboxylic acids is 1. The first-order valence-electron chi connectivity index (χ1n) is 6.24. The van der Waals surface area contributed by atoms with E-state index in [1.807, 2.05) is 49.6 Å². The molecule has 100 valence electrons. The number of benzene rings is 1. The third kappa shape index (κ3) is 3.58. The van der Waals surface area contributed by atoms with Gasteiger partial charge in [-0.1, -0.05) is 18.2 Å². The highest BCUT2D eigenvalue weighted by molar-refractivity contribution is 7.12. The minimum absolute atomic E-state index is 0.0264. The molecule has 0 fully saturated rings. The van der Waals surface area contributed by atoms with Crippen molar-refractivity contribution in [1.82, 2.24) is 5.32 Å². The molecule has 4 heteroatoms. The molecule has 19 heavy (non-hydrogen) atoms. The van der Waals surface area contributed by atoms with E-state index < -0.39 is 0 Å². The van der Waals surface area contributed by atoms with E-state index in [9.17, 15) is 4.79 Å². The molecule has 1 amide bonds. The molecule has 0 unspecified atom stereocenters. The van der Waals surface area contributed by atoms with Gasteiger partial charge < -0.3 is 10.1 Å². The second kappa shape index (κ2) is 6.38. The summed E-state index contributed by atoms with van der Waals surface area (Å²) < 4.78 is 5.49. The first-order chi connectivity index (χ1) is 9.20. The summed E-state index contributed by atoms with van der Waals surface area (Å²) >= 11 is 1.45. The average molecular weight is 275 g/mol. The van der Waals surface area contributed by atoms with Crippen LogP contribution in [-0.2, 0) is 6.54 Å². The van der Waals surface area contributed by atoms with E-state index in [0.717, 1.165) is 21.8 Å². The van der Waals surface area contributed by atoms with Gasteiger partial charge in [-0.3, -0.25) is 4.79 Å². The highest BCUT2D eigenvalue weighted by Gasteiger charge is 2.06. The minimum Gasteiger partial charge on any atom is -0.494 e. The number of amides is 1. The van der Waals surface area contributed by atoms with Crippen LogP contribution in [0.5, 0.6) is 5.75 Å². The Morgan fingerprint density at radius 3 is 2.84 bits per heavy atom. The molecule has 2 aromatic rings. The Bertz CT molecular complexity index is 549. The number of hydrogen-bond acceptors (Lipinski definition) is 3. The SMILES string of the molecule is CCOc1ccc(CNC(=O)c2cccs2)cc1C. The maximum Gasteiger partial charge on any atom is 0.261 e. The first kappa shape index (κ1) is 13.6. The van der Waals surface area contributed by atoms with Crippen molar-refractivity contribution in [2.24, 2.45) is 0 Å². The summed E-state index contributed by atoms with van der Waals surface area (Å²) in [6, 6.07) is 9.67. The molecule has 1 heterocycles. The zero-order valence-corrected chi connectivity index (χ0v) is 11.9. The second-order valence-electron chi connectivity index (χ2n) is 4.19. The van der Waals surface area contributed by atoms with Crippen LogP contribution in [0.1, 0.15) is 27.7 Å². The van der Waals surface area contributed by atoms with Crippen molar-refractivity contribution >= 4 is 17.2 Å². The molecule has 0 bridgehead atoms. The Hall–Kier alpha value is -1.81. The lowest BCUT2D eigenvalue weighted by atomic mass is 10.1. The normalized spacial score (nSPS) is 10.2. The van der Waals surface area contributed by atoms with Crippen molar-refractivity contribution in [3.63, 3.8) is 0 Å². The highest BCUT2D eigenvalue weighted by atomic mass is 32.1. The summed E-state index contributed by atoms with van der Waals surface area (Å²) in [7, 11) is 0. The van der Waals surface area contributed by atoms with Crippen molar-refractivity contribution in [3.05, 3.63) is 51.7 Å². The fourth-order valence-electron chi connectivity index (χ4n) is 1.82. The lowest BCUT2D eigenvalue weighted by Crippen LogP contribution is -2.21. The zero-order chi connectivity index (χ0) is 13.7. The van der Waals surface area contributed by atoms with Gasteiger partial charge in [-0.25, -0.2) is 0 Å². The van der Waals surface area contributed by atoms with E-state index >= 15 is 0 Å². The van der Waals surface area contributed by atoms with Crippen LogP contribution in [0.2, 0.25) is 0 Å². The van der Waals surface area contributed by atoms with Crippen LogP contribution in [0.15, 0.2) is 35.7 Å². The zero-order valence-electron chi connectivity index (χ0n) is 11.1. The van der Waals surface area contributed by atoms with E-state index in [1.165, 1.54) is 11.3 Å². The van der Waals surface area contributed by atoms with Gasteiger partial charge in [0.1, 0.15) is 5.75 Å². The van der Waals surface area contributed by atoms with E-state index in [4.69, 9.17) is 4.74 Å². The molecule has 0 aliphatic carbocycles. The number of carbonyl (C=O) groups is 1. The molecule has 2 rings (SSSR count). The largest absolute Gasteiger partial charge is 0.494 e. The predicted molar refractivity (Wildman–Crippen MR) is 77.8 cm³/mol. The van der Waals surface area contributed by atoms with Crippen molar-refractivity contribution in [3.8, 4) is 5.75 Å². The van der Waals surface area contributed by atoms with Gasteiger partial charge >= 0.3 is 0 Å². The molecule has 0 aliphatic heterocycles. The molecule has 1 aromatic carbocycles. The fraction of sp³-hybridized carbons (Fsp3) is 0.267. The summed E-state index contributed by atoms with van der Waals surface area (Å²) in [5.41, 5.74) is 2.16. The lowest BCUT2D eigenvalue weighted by Gasteiger charge is -2.09. The third-order valence-electron chi connectivity index (χ3n) is 2.74. The second-order valence-corrected chi connectivity index (χ2v) is 5.14. The molecular formula is C15H17NO2S. The van der Waals surface area contributed by atoms with Gasteiger partial charge in [-0.05, 0) is 42.5 Å². The van der Waals surface area contributed by atoms with Crippen LogP contribution in [-0.4, -0.2) is 12.5 Å². The average Bonchev–Trinajstić information content (AvgIpc) is 2.93. The number of thiophene rings is 1. The summed E-state index contributed by atoms with van der Waals surface area (Å²) in [6.45, 7) is 5.17. The van der Waals surface area contributed by atoms with Crippen LogP contribution >= 0.6 is 11.3 Å². The topological polar surface area (TPSA) is 38.3 Å². The predicted octanol–water partition coefficient (Wildman–Crippen LogP) is 3.39. The van der Waals surface area contributed by atoms with E-state index in [1.54, 1.807) is 0 Å². The number of ether oxygens (including phenoxy) is 1. The van der Waals surface area contributed by atoms with Crippen LogP contribution in [0, 0.1) is 6.92 Å². The van der Waals surface area contributed by atoms with Gasteiger partial charge in [0, 0.05) is 6.54 Å². The van der Waals surface area contributed by atoms with E-state index in [0.29, 0.717) is 13.2 Å². The molecule has 0 saturated carbocycles.